The van der Waals surface area contributed by atoms with Crippen LogP contribution in [0.4, 0.5) is 21.5 Å². The molecule has 0 aromatic heterocycles. The van der Waals surface area contributed by atoms with Crippen molar-refractivity contribution in [2.75, 3.05) is 41.7 Å². The molecule has 0 atom stereocenters. The molecule has 22 heavy (non-hydrogen) atoms. The van der Waals surface area contributed by atoms with E-state index in [1.54, 1.807) is 6.07 Å². The largest absolute Gasteiger partial charge is 0.397 e. The Morgan fingerprint density at radius 2 is 1.59 bits per heavy atom. The second kappa shape index (κ2) is 6.05. The number of anilines is 3. The van der Waals surface area contributed by atoms with Gasteiger partial charge in [-0.3, -0.25) is 0 Å². The second-order valence-corrected chi connectivity index (χ2v) is 6.04. The summed E-state index contributed by atoms with van der Waals surface area (Å²) in [7, 11) is 0. The van der Waals surface area contributed by atoms with Crippen LogP contribution in [0.2, 0.25) is 5.02 Å². The maximum Gasteiger partial charge on any atom is 0.125 e. The van der Waals surface area contributed by atoms with Crippen molar-refractivity contribution in [3.63, 3.8) is 0 Å². The molecule has 0 radical (unpaired) electrons. The fraction of sp³-hybridized carbons (Fsp3) is 0.294. The molecule has 0 unspecified atom stereocenters. The highest BCUT2D eigenvalue weighted by molar-refractivity contribution is 6.30. The van der Waals surface area contributed by atoms with Gasteiger partial charge in [0, 0.05) is 36.9 Å². The highest BCUT2D eigenvalue weighted by Crippen LogP contribution is 2.28. The lowest BCUT2D eigenvalue weighted by Gasteiger charge is -2.38. The van der Waals surface area contributed by atoms with Gasteiger partial charge < -0.3 is 15.5 Å². The molecule has 0 aliphatic carbocycles. The molecule has 1 heterocycles. The van der Waals surface area contributed by atoms with Gasteiger partial charge in [0.15, 0.2) is 0 Å². The second-order valence-electron chi connectivity index (χ2n) is 5.61. The number of nitrogen functional groups attached to an aromatic ring is 1. The molecule has 2 N–H and O–H groups in total. The zero-order chi connectivity index (χ0) is 15.7. The molecule has 3 rings (SSSR count). The Balaban J connectivity index is 1.73. The Bertz CT molecular complexity index is 682. The molecule has 0 amide bonds. The first kappa shape index (κ1) is 15.0. The molecule has 0 spiro atoms. The van der Waals surface area contributed by atoms with E-state index in [1.807, 2.05) is 18.2 Å². The summed E-state index contributed by atoms with van der Waals surface area (Å²) in [5.41, 5.74) is 9.73. The number of nitrogens with two attached hydrogens (primary N) is 1. The normalized spacial score (nSPS) is 15.2. The van der Waals surface area contributed by atoms with E-state index in [0.717, 1.165) is 36.9 Å². The van der Waals surface area contributed by atoms with Crippen LogP contribution in [0, 0.1) is 12.7 Å². The van der Waals surface area contributed by atoms with Crippen molar-refractivity contribution in [3.05, 3.63) is 52.8 Å². The summed E-state index contributed by atoms with van der Waals surface area (Å²) < 4.78 is 13.2. The van der Waals surface area contributed by atoms with Gasteiger partial charge in [-0.2, -0.15) is 0 Å². The molecule has 0 bridgehead atoms. The molecule has 1 aliphatic rings. The van der Waals surface area contributed by atoms with Crippen LogP contribution in [0.5, 0.6) is 0 Å². The molecule has 1 aliphatic heterocycles. The third-order valence-electron chi connectivity index (χ3n) is 4.12. The lowest BCUT2D eigenvalue weighted by molar-refractivity contribution is 0.625. The number of benzene rings is 2. The number of piperazine rings is 1. The Morgan fingerprint density at radius 1 is 0.955 bits per heavy atom. The quantitative estimate of drug-likeness (QED) is 0.857. The molecule has 116 valence electrons. The van der Waals surface area contributed by atoms with Crippen LogP contribution in [0.1, 0.15) is 5.56 Å². The van der Waals surface area contributed by atoms with Crippen LogP contribution in [0.3, 0.4) is 0 Å². The van der Waals surface area contributed by atoms with Gasteiger partial charge in [0.25, 0.3) is 0 Å². The van der Waals surface area contributed by atoms with Gasteiger partial charge in [-0.1, -0.05) is 17.7 Å². The van der Waals surface area contributed by atoms with Crippen molar-refractivity contribution in [1.82, 2.24) is 0 Å². The van der Waals surface area contributed by atoms with E-state index in [0.29, 0.717) is 5.69 Å². The van der Waals surface area contributed by atoms with Gasteiger partial charge >= 0.3 is 0 Å². The van der Waals surface area contributed by atoms with E-state index in [9.17, 15) is 4.39 Å². The number of aryl methyl sites for hydroxylation is 1. The van der Waals surface area contributed by atoms with E-state index < -0.39 is 0 Å². The summed E-state index contributed by atoms with van der Waals surface area (Å²) in [6.45, 7) is 5.57. The van der Waals surface area contributed by atoms with Crippen LogP contribution in [0.15, 0.2) is 36.4 Å². The lowest BCUT2D eigenvalue weighted by atomic mass is 10.1. The first-order valence-corrected chi connectivity index (χ1v) is 7.73. The SMILES string of the molecule is Cc1ccc(Cl)cc1N1CCN(c2ccc(F)cc2N)CC1. The summed E-state index contributed by atoms with van der Waals surface area (Å²) in [6.07, 6.45) is 0. The third kappa shape index (κ3) is 2.97. The standard InChI is InChI=1S/C17H19ClFN3/c1-12-2-3-13(18)10-17(12)22-8-6-21(7-9-22)16-5-4-14(19)11-15(16)20/h2-5,10-11H,6-9,20H2,1H3. The van der Waals surface area contributed by atoms with E-state index in [-0.39, 0.29) is 5.82 Å². The Kier molecular flexibility index (Phi) is 4.12. The molecular formula is C17H19ClFN3. The number of rotatable bonds is 2. The van der Waals surface area contributed by atoms with Crippen LogP contribution >= 0.6 is 11.6 Å². The monoisotopic (exact) mass is 319 g/mol. The van der Waals surface area contributed by atoms with Gasteiger partial charge in [-0.05, 0) is 42.8 Å². The van der Waals surface area contributed by atoms with Crippen molar-refractivity contribution in [3.8, 4) is 0 Å². The molecule has 0 saturated carbocycles. The van der Waals surface area contributed by atoms with Crippen molar-refractivity contribution in [2.45, 2.75) is 6.92 Å². The predicted octanol–water partition coefficient (Wildman–Crippen LogP) is 3.70. The van der Waals surface area contributed by atoms with Gasteiger partial charge in [-0.15, -0.1) is 0 Å². The Morgan fingerprint density at radius 3 is 2.23 bits per heavy atom. The predicted molar refractivity (Wildman–Crippen MR) is 91.4 cm³/mol. The van der Waals surface area contributed by atoms with Crippen molar-refractivity contribution in [2.24, 2.45) is 0 Å². The van der Waals surface area contributed by atoms with Gasteiger partial charge in [0.1, 0.15) is 5.82 Å². The van der Waals surface area contributed by atoms with Crippen molar-refractivity contribution < 1.29 is 4.39 Å². The van der Waals surface area contributed by atoms with E-state index in [4.69, 9.17) is 17.3 Å². The average Bonchev–Trinajstić information content (AvgIpc) is 2.50. The first-order valence-electron chi connectivity index (χ1n) is 7.35. The third-order valence-corrected chi connectivity index (χ3v) is 4.36. The summed E-state index contributed by atoms with van der Waals surface area (Å²) in [4.78, 5) is 4.53. The van der Waals surface area contributed by atoms with Crippen molar-refractivity contribution >= 4 is 28.7 Å². The van der Waals surface area contributed by atoms with E-state index in [1.165, 1.54) is 23.4 Å². The number of hydrogen-bond donors (Lipinski definition) is 1. The summed E-state index contributed by atoms with van der Waals surface area (Å²) >= 11 is 6.11. The van der Waals surface area contributed by atoms with Crippen LogP contribution in [-0.4, -0.2) is 26.2 Å². The van der Waals surface area contributed by atoms with E-state index in [2.05, 4.69) is 16.7 Å². The maximum atomic E-state index is 13.2. The summed E-state index contributed by atoms with van der Waals surface area (Å²) in [5.74, 6) is -0.297. The fourth-order valence-corrected chi connectivity index (χ4v) is 3.09. The van der Waals surface area contributed by atoms with Crippen LogP contribution in [-0.2, 0) is 0 Å². The van der Waals surface area contributed by atoms with Gasteiger partial charge in [0.2, 0.25) is 0 Å². The highest BCUT2D eigenvalue weighted by atomic mass is 35.5. The van der Waals surface area contributed by atoms with Gasteiger partial charge in [0.05, 0.1) is 11.4 Å². The molecule has 2 aromatic carbocycles. The smallest absolute Gasteiger partial charge is 0.125 e. The zero-order valence-electron chi connectivity index (χ0n) is 12.5. The average molecular weight is 320 g/mol. The molecule has 3 nitrogen and oxygen atoms in total. The molecular weight excluding hydrogens is 301 g/mol. The van der Waals surface area contributed by atoms with Crippen LogP contribution < -0.4 is 15.5 Å². The molecule has 1 fully saturated rings. The van der Waals surface area contributed by atoms with Crippen LogP contribution in [0.25, 0.3) is 0 Å². The van der Waals surface area contributed by atoms with E-state index >= 15 is 0 Å². The minimum absolute atomic E-state index is 0.297. The minimum atomic E-state index is -0.297. The number of halogens is 2. The maximum absolute atomic E-state index is 13.2. The Labute approximate surface area is 135 Å². The minimum Gasteiger partial charge on any atom is -0.397 e. The van der Waals surface area contributed by atoms with Crippen molar-refractivity contribution in [1.29, 1.82) is 0 Å². The molecule has 5 heteroatoms. The van der Waals surface area contributed by atoms with Gasteiger partial charge in [-0.25, -0.2) is 4.39 Å². The highest BCUT2D eigenvalue weighted by Gasteiger charge is 2.20. The molecule has 1 saturated heterocycles. The zero-order valence-corrected chi connectivity index (χ0v) is 13.3. The molecule has 2 aromatic rings. The Hall–Kier alpha value is -1.94. The summed E-state index contributed by atoms with van der Waals surface area (Å²) in [6, 6.07) is 10.6. The number of hydrogen-bond acceptors (Lipinski definition) is 3. The number of nitrogens with zero attached hydrogens (tertiary/aromatic N) is 2. The lowest BCUT2D eigenvalue weighted by Crippen LogP contribution is -2.47. The summed E-state index contributed by atoms with van der Waals surface area (Å²) in [5, 5.41) is 0.755. The first-order chi connectivity index (χ1) is 10.5. The fourth-order valence-electron chi connectivity index (χ4n) is 2.92. The topological polar surface area (TPSA) is 32.5 Å².